The third-order valence-corrected chi connectivity index (χ3v) is 4.25. The van der Waals surface area contributed by atoms with Gasteiger partial charge in [0, 0.05) is 5.56 Å². The molecule has 2 aliphatic rings. The third kappa shape index (κ3) is 3.40. The van der Waals surface area contributed by atoms with E-state index in [1.54, 1.807) is 13.0 Å². The average molecular weight is 326 g/mol. The number of ether oxygens (including phenoxy) is 2. The molecule has 24 heavy (non-hydrogen) atoms. The molecule has 1 saturated carbocycles. The number of nitriles is 1. The van der Waals surface area contributed by atoms with E-state index in [2.05, 4.69) is 11.4 Å². The van der Waals surface area contributed by atoms with E-state index in [0.717, 1.165) is 18.4 Å². The maximum Gasteiger partial charge on any atom is 0.338 e. The van der Waals surface area contributed by atoms with Gasteiger partial charge in [0.05, 0.1) is 11.6 Å². The van der Waals surface area contributed by atoms with Gasteiger partial charge in [0.15, 0.2) is 6.61 Å². The number of nitrogens with zero attached hydrogens (tertiary/aromatic N) is 1. The average Bonchev–Trinajstić information content (AvgIpc) is 3.44. The van der Waals surface area contributed by atoms with Gasteiger partial charge in [-0.25, -0.2) is 4.79 Å². The van der Waals surface area contributed by atoms with Crippen molar-refractivity contribution in [3.63, 3.8) is 0 Å². The Labute approximate surface area is 140 Å². The Balaban J connectivity index is 1.55. The zero-order valence-corrected chi connectivity index (χ0v) is 13.4. The van der Waals surface area contributed by atoms with Crippen molar-refractivity contribution in [2.24, 2.45) is 5.92 Å². The van der Waals surface area contributed by atoms with Crippen LogP contribution in [0, 0.1) is 17.2 Å². The standard InChI is InChI=1S/C18H18N2O4/c1-18(11-19,14-6-7-14)20-16(21)10-24-17(22)13-8-12-4-2-3-5-15(12)23-9-13/h2-5,8,14H,6-7,9-10H2,1H3,(H,20,21)/t18-/m1/s1. The summed E-state index contributed by atoms with van der Waals surface area (Å²) in [6.45, 7) is 1.39. The molecule has 0 radical (unpaired) electrons. The van der Waals surface area contributed by atoms with Crippen LogP contribution in [0.4, 0.5) is 0 Å². The molecular formula is C18H18N2O4. The smallest absolute Gasteiger partial charge is 0.338 e. The normalized spacial score (nSPS) is 18.1. The Morgan fingerprint density at radius 1 is 1.42 bits per heavy atom. The van der Waals surface area contributed by atoms with Crippen molar-refractivity contribution in [3.8, 4) is 11.8 Å². The highest BCUT2D eigenvalue weighted by atomic mass is 16.5. The van der Waals surface area contributed by atoms with Gasteiger partial charge in [-0.1, -0.05) is 18.2 Å². The molecule has 6 nitrogen and oxygen atoms in total. The van der Waals surface area contributed by atoms with Gasteiger partial charge in [0.1, 0.15) is 17.9 Å². The first-order chi connectivity index (χ1) is 11.5. The van der Waals surface area contributed by atoms with Crippen LogP contribution in [0.3, 0.4) is 0 Å². The molecule has 1 atom stereocenters. The number of amides is 1. The highest BCUT2D eigenvalue weighted by molar-refractivity contribution is 5.96. The van der Waals surface area contributed by atoms with Crippen molar-refractivity contribution < 1.29 is 19.1 Å². The van der Waals surface area contributed by atoms with Crippen molar-refractivity contribution in [1.82, 2.24) is 5.32 Å². The van der Waals surface area contributed by atoms with Crippen LogP contribution in [-0.2, 0) is 14.3 Å². The van der Waals surface area contributed by atoms with E-state index in [0.29, 0.717) is 11.3 Å². The van der Waals surface area contributed by atoms with Gasteiger partial charge in [-0.05, 0) is 37.8 Å². The minimum absolute atomic E-state index is 0.107. The maximum atomic E-state index is 12.1. The van der Waals surface area contributed by atoms with E-state index in [9.17, 15) is 14.9 Å². The first-order valence-corrected chi connectivity index (χ1v) is 7.83. The van der Waals surface area contributed by atoms with Gasteiger partial charge in [0.25, 0.3) is 5.91 Å². The van der Waals surface area contributed by atoms with E-state index in [4.69, 9.17) is 9.47 Å². The molecule has 1 aromatic rings. The Morgan fingerprint density at radius 3 is 2.88 bits per heavy atom. The molecule has 1 amide bonds. The van der Waals surface area contributed by atoms with Gasteiger partial charge in [-0.2, -0.15) is 5.26 Å². The van der Waals surface area contributed by atoms with E-state index >= 15 is 0 Å². The first-order valence-electron chi connectivity index (χ1n) is 7.83. The molecule has 0 unspecified atom stereocenters. The fourth-order valence-electron chi connectivity index (χ4n) is 2.67. The summed E-state index contributed by atoms with van der Waals surface area (Å²) in [4.78, 5) is 24.0. The molecule has 0 spiro atoms. The van der Waals surface area contributed by atoms with Gasteiger partial charge in [-0.3, -0.25) is 4.79 Å². The first kappa shape index (κ1) is 16.1. The fourth-order valence-corrected chi connectivity index (χ4v) is 2.67. The second-order valence-corrected chi connectivity index (χ2v) is 6.21. The number of benzene rings is 1. The summed E-state index contributed by atoms with van der Waals surface area (Å²) in [5.74, 6) is -0.184. The lowest BCUT2D eigenvalue weighted by atomic mass is 9.98. The van der Waals surface area contributed by atoms with Gasteiger partial charge in [0.2, 0.25) is 0 Å². The summed E-state index contributed by atoms with van der Waals surface area (Å²) in [7, 11) is 0. The summed E-state index contributed by atoms with van der Waals surface area (Å²) in [6.07, 6.45) is 3.55. The predicted molar refractivity (Wildman–Crippen MR) is 85.8 cm³/mol. The van der Waals surface area contributed by atoms with Crippen molar-refractivity contribution in [1.29, 1.82) is 5.26 Å². The van der Waals surface area contributed by atoms with Gasteiger partial charge in [-0.15, -0.1) is 0 Å². The number of carbonyl (C=O) groups excluding carboxylic acids is 2. The highest BCUT2D eigenvalue weighted by Crippen LogP contribution is 2.39. The van der Waals surface area contributed by atoms with Crippen LogP contribution in [0.1, 0.15) is 25.3 Å². The molecule has 1 aliphatic heterocycles. The van der Waals surface area contributed by atoms with Crippen LogP contribution in [0.25, 0.3) is 6.08 Å². The summed E-state index contributed by atoms with van der Waals surface area (Å²) >= 11 is 0. The Bertz CT molecular complexity index is 746. The second kappa shape index (κ2) is 6.36. The highest BCUT2D eigenvalue weighted by Gasteiger charge is 2.43. The second-order valence-electron chi connectivity index (χ2n) is 6.21. The minimum atomic E-state index is -0.893. The van der Waals surface area contributed by atoms with Gasteiger partial charge < -0.3 is 14.8 Å². The summed E-state index contributed by atoms with van der Waals surface area (Å²) in [6, 6.07) is 9.49. The lowest BCUT2D eigenvalue weighted by Gasteiger charge is -2.23. The van der Waals surface area contributed by atoms with Gasteiger partial charge >= 0.3 is 5.97 Å². The Hall–Kier alpha value is -2.81. The molecule has 1 aliphatic carbocycles. The van der Waals surface area contributed by atoms with Crippen LogP contribution in [-0.4, -0.2) is 30.6 Å². The van der Waals surface area contributed by atoms with E-state index in [1.165, 1.54) is 0 Å². The molecule has 1 aromatic carbocycles. The Morgan fingerprint density at radius 2 is 2.17 bits per heavy atom. The number of nitrogens with one attached hydrogen (secondary N) is 1. The molecule has 124 valence electrons. The number of hydrogen-bond acceptors (Lipinski definition) is 5. The molecular weight excluding hydrogens is 308 g/mol. The molecule has 1 fully saturated rings. The van der Waals surface area contributed by atoms with Crippen LogP contribution in [0.2, 0.25) is 0 Å². The molecule has 1 N–H and O–H groups in total. The molecule has 0 saturated heterocycles. The van der Waals surface area contributed by atoms with Crippen LogP contribution in [0.15, 0.2) is 29.8 Å². The van der Waals surface area contributed by atoms with E-state index in [1.807, 2.05) is 24.3 Å². The predicted octanol–water partition coefficient (Wildman–Crippen LogP) is 1.81. The number of hydrogen-bond donors (Lipinski definition) is 1. The molecule has 3 rings (SSSR count). The van der Waals surface area contributed by atoms with Crippen molar-refractivity contribution >= 4 is 18.0 Å². The van der Waals surface area contributed by atoms with Crippen LogP contribution >= 0.6 is 0 Å². The molecule has 1 heterocycles. The number of fused-ring (bicyclic) bond motifs is 1. The van der Waals surface area contributed by atoms with Crippen LogP contribution < -0.4 is 10.1 Å². The topological polar surface area (TPSA) is 88.4 Å². The summed E-state index contributed by atoms with van der Waals surface area (Å²) in [5, 5.41) is 11.9. The maximum absolute atomic E-state index is 12.1. The van der Waals surface area contributed by atoms with E-state index in [-0.39, 0.29) is 12.5 Å². The summed E-state index contributed by atoms with van der Waals surface area (Å²) in [5.41, 5.74) is 0.257. The molecule has 6 heteroatoms. The number of carbonyl (C=O) groups is 2. The monoisotopic (exact) mass is 326 g/mol. The quantitative estimate of drug-likeness (QED) is 0.834. The summed E-state index contributed by atoms with van der Waals surface area (Å²) < 4.78 is 10.5. The van der Waals surface area contributed by atoms with Crippen molar-refractivity contribution in [2.75, 3.05) is 13.2 Å². The lowest BCUT2D eigenvalue weighted by molar-refractivity contribution is -0.145. The SMILES string of the molecule is C[C@](C#N)(NC(=O)COC(=O)C1=Cc2ccccc2OC1)C1CC1. The zero-order valence-electron chi connectivity index (χ0n) is 13.4. The Kier molecular flexibility index (Phi) is 4.26. The molecule has 0 aromatic heterocycles. The number of esters is 1. The minimum Gasteiger partial charge on any atom is -0.488 e. The van der Waals surface area contributed by atoms with E-state index < -0.39 is 24.0 Å². The number of para-hydroxylation sites is 1. The van der Waals surface area contributed by atoms with Crippen molar-refractivity contribution in [2.45, 2.75) is 25.3 Å². The number of rotatable bonds is 5. The van der Waals surface area contributed by atoms with Crippen molar-refractivity contribution in [3.05, 3.63) is 35.4 Å². The third-order valence-electron chi connectivity index (χ3n) is 4.25. The lowest BCUT2D eigenvalue weighted by Crippen LogP contribution is -2.48. The largest absolute Gasteiger partial charge is 0.488 e. The zero-order chi connectivity index (χ0) is 17.2. The fraction of sp³-hybridized carbons (Fsp3) is 0.389. The van der Waals surface area contributed by atoms with Crippen LogP contribution in [0.5, 0.6) is 5.75 Å². The molecule has 0 bridgehead atoms.